The molecule has 2 aromatic carbocycles. The number of phenols is 1. The minimum atomic E-state index is -0.785. The van der Waals surface area contributed by atoms with Gasteiger partial charge in [-0.2, -0.15) is 15.3 Å². The second kappa shape index (κ2) is 16.0. The first-order valence-electron chi connectivity index (χ1n) is 21.3. The average Bonchev–Trinajstić information content (AvgIpc) is 3.90. The van der Waals surface area contributed by atoms with Gasteiger partial charge in [-0.05, 0) is 100 Å². The predicted octanol–water partition coefficient (Wildman–Crippen LogP) is 4.62. The summed E-state index contributed by atoms with van der Waals surface area (Å²) in [4.78, 5) is 48.1. The van der Waals surface area contributed by atoms with Crippen molar-refractivity contribution in [3.8, 4) is 17.0 Å². The number of nitrogens with one attached hydrogen (secondary N) is 1. The number of hydrogen-bond acceptors (Lipinski definition) is 11. The van der Waals surface area contributed by atoms with E-state index in [4.69, 9.17) is 9.84 Å². The zero-order chi connectivity index (χ0) is 40.7. The average molecular weight is 802 g/mol. The molecule has 2 aromatic heterocycles. The SMILES string of the molecule is Cc1ccnn1C1(C(=O)N(C)C2CCN([C@H]3COC4(CCN(c5ccc([C@H]6CCC(=O)NC6=O)cc5)CC4)C3)CC2)CCN(c2cnnc(-c3ccccc3O)c2)CC1. The molecule has 0 saturated carbocycles. The third-order valence-corrected chi connectivity index (χ3v) is 14.1. The summed E-state index contributed by atoms with van der Waals surface area (Å²) in [5.41, 5.74) is 4.38. The number of carbonyl (C=O) groups is 3. The predicted molar refractivity (Wildman–Crippen MR) is 223 cm³/mol. The molecule has 5 aliphatic heterocycles. The van der Waals surface area contributed by atoms with Gasteiger partial charge in [0.25, 0.3) is 5.91 Å². The number of aromatic nitrogens is 4. The summed E-state index contributed by atoms with van der Waals surface area (Å²) in [6, 6.07) is 19.9. The van der Waals surface area contributed by atoms with E-state index in [0.717, 1.165) is 87.5 Å². The third-order valence-electron chi connectivity index (χ3n) is 14.1. The molecule has 2 atom stereocenters. The number of piperidine rings is 4. The number of imide groups is 1. The topological polar surface area (TPSA) is 149 Å². The number of phenolic OH excluding ortho intramolecular Hbond substituents is 1. The van der Waals surface area contributed by atoms with E-state index in [9.17, 15) is 19.5 Å². The van der Waals surface area contributed by atoms with Gasteiger partial charge in [0, 0.05) is 88.0 Å². The molecule has 5 fully saturated rings. The number of likely N-dealkylation sites (N-methyl/N-ethyl adjacent to an activating group) is 1. The van der Waals surface area contributed by atoms with E-state index in [1.54, 1.807) is 24.5 Å². The molecule has 0 radical (unpaired) electrons. The van der Waals surface area contributed by atoms with E-state index in [-0.39, 0.29) is 41.0 Å². The Labute approximate surface area is 345 Å². The normalized spacial score (nSPS) is 23.7. The van der Waals surface area contributed by atoms with Gasteiger partial charge in [0.1, 0.15) is 11.3 Å². The van der Waals surface area contributed by atoms with Gasteiger partial charge in [-0.15, -0.1) is 0 Å². The Bertz CT molecular complexity index is 2170. The molecule has 310 valence electrons. The number of benzene rings is 2. The van der Waals surface area contributed by atoms with Gasteiger partial charge in [-0.1, -0.05) is 24.3 Å². The maximum atomic E-state index is 14.8. The number of amides is 3. The molecule has 14 heteroatoms. The largest absolute Gasteiger partial charge is 0.507 e. The Morgan fingerprint density at radius 2 is 1.61 bits per heavy atom. The molecule has 2 N–H and O–H groups in total. The molecule has 7 heterocycles. The van der Waals surface area contributed by atoms with Crippen LogP contribution < -0.4 is 15.1 Å². The molecule has 1 spiro atoms. The smallest absolute Gasteiger partial charge is 0.250 e. The van der Waals surface area contributed by atoms with Crippen LogP contribution in [0.3, 0.4) is 0 Å². The lowest BCUT2D eigenvalue weighted by molar-refractivity contribution is -0.145. The molecule has 0 aliphatic carbocycles. The first kappa shape index (κ1) is 39.1. The maximum Gasteiger partial charge on any atom is 0.250 e. The van der Waals surface area contributed by atoms with Crippen LogP contribution in [0.2, 0.25) is 0 Å². The summed E-state index contributed by atoms with van der Waals surface area (Å²) < 4.78 is 8.61. The molecule has 9 rings (SSSR count). The van der Waals surface area contributed by atoms with Gasteiger partial charge in [-0.3, -0.25) is 29.3 Å². The molecule has 5 saturated heterocycles. The van der Waals surface area contributed by atoms with E-state index in [1.165, 1.54) is 0 Å². The Kier molecular flexibility index (Phi) is 10.6. The number of aromatic hydroxyl groups is 1. The van der Waals surface area contributed by atoms with Crippen molar-refractivity contribution in [1.29, 1.82) is 0 Å². The summed E-state index contributed by atoms with van der Waals surface area (Å²) in [7, 11) is 1.99. The van der Waals surface area contributed by atoms with Crippen LogP contribution in [-0.4, -0.2) is 123 Å². The number of aryl methyl sites for hydroxylation is 1. The van der Waals surface area contributed by atoms with Crippen LogP contribution in [0.15, 0.2) is 73.1 Å². The number of rotatable bonds is 8. The minimum absolute atomic E-state index is 0.0997. The first-order chi connectivity index (χ1) is 28.6. The number of nitrogens with zero attached hydrogens (tertiary/aromatic N) is 8. The first-order valence-corrected chi connectivity index (χ1v) is 21.3. The van der Waals surface area contributed by atoms with Crippen molar-refractivity contribution in [1.82, 2.24) is 35.1 Å². The lowest BCUT2D eigenvalue weighted by atomic mass is 9.84. The van der Waals surface area contributed by atoms with Crippen LogP contribution >= 0.6 is 0 Å². The fourth-order valence-electron chi connectivity index (χ4n) is 10.5. The summed E-state index contributed by atoms with van der Waals surface area (Å²) in [6.07, 6.45) is 10.6. The fourth-order valence-corrected chi connectivity index (χ4v) is 10.5. The summed E-state index contributed by atoms with van der Waals surface area (Å²) in [5, 5.41) is 26.2. The van der Waals surface area contributed by atoms with Crippen LogP contribution in [0.25, 0.3) is 11.3 Å². The fraction of sp³-hybridized carbons (Fsp3) is 0.511. The zero-order valence-electron chi connectivity index (χ0n) is 34.1. The number of para-hydroxylation sites is 1. The number of ether oxygens (including phenoxy) is 1. The summed E-state index contributed by atoms with van der Waals surface area (Å²) in [5.74, 6) is -0.358. The van der Waals surface area contributed by atoms with E-state index in [2.05, 4.69) is 42.3 Å². The van der Waals surface area contributed by atoms with Crippen molar-refractivity contribution in [2.75, 3.05) is 62.7 Å². The molecule has 14 nitrogen and oxygen atoms in total. The van der Waals surface area contributed by atoms with Crippen LogP contribution in [0.4, 0.5) is 11.4 Å². The van der Waals surface area contributed by atoms with Crippen LogP contribution in [0, 0.1) is 6.92 Å². The lowest BCUT2D eigenvalue weighted by Crippen LogP contribution is -2.59. The number of likely N-dealkylation sites (tertiary alicyclic amines) is 1. The van der Waals surface area contributed by atoms with Crippen molar-refractivity contribution in [2.45, 2.75) is 93.9 Å². The Morgan fingerprint density at radius 3 is 2.31 bits per heavy atom. The Morgan fingerprint density at radius 1 is 0.898 bits per heavy atom. The molecular weight excluding hydrogens is 747 g/mol. The van der Waals surface area contributed by atoms with E-state index in [0.29, 0.717) is 56.1 Å². The second-order valence-electron chi connectivity index (χ2n) is 17.3. The quantitative estimate of drug-likeness (QED) is 0.241. The van der Waals surface area contributed by atoms with E-state index < -0.39 is 5.54 Å². The Balaban J connectivity index is 0.790. The molecule has 3 amide bonds. The number of hydrogen-bond donors (Lipinski definition) is 2. The van der Waals surface area contributed by atoms with Crippen molar-refractivity contribution in [3.63, 3.8) is 0 Å². The molecular formula is C45H55N9O5. The van der Waals surface area contributed by atoms with E-state index in [1.807, 2.05) is 60.0 Å². The van der Waals surface area contributed by atoms with Crippen molar-refractivity contribution in [2.24, 2.45) is 0 Å². The van der Waals surface area contributed by atoms with Crippen LogP contribution in [-0.2, 0) is 24.7 Å². The van der Waals surface area contributed by atoms with Crippen LogP contribution in [0.5, 0.6) is 5.75 Å². The lowest BCUT2D eigenvalue weighted by Gasteiger charge is -2.46. The minimum Gasteiger partial charge on any atom is -0.507 e. The highest BCUT2D eigenvalue weighted by molar-refractivity contribution is 6.01. The molecule has 4 aromatic rings. The van der Waals surface area contributed by atoms with Gasteiger partial charge in [0.05, 0.1) is 35.7 Å². The summed E-state index contributed by atoms with van der Waals surface area (Å²) >= 11 is 0. The maximum absolute atomic E-state index is 14.8. The zero-order valence-corrected chi connectivity index (χ0v) is 34.1. The van der Waals surface area contributed by atoms with E-state index >= 15 is 0 Å². The third kappa shape index (κ3) is 7.56. The van der Waals surface area contributed by atoms with Crippen LogP contribution in [0.1, 0.15) is 75.0 Å². The van der Waals surface area contributed by atoms with Crippen molar-refractivity contribution in [3.05, 3.63) is 84.3 Å². The van der Waals surface area contributed by atoms with Gasteiger partial charge in [-0.25, -0.2) is 0 Å². The standard InChI is InChI=1S/C45H55N9O5/c1-31-13-20-47-54(31)45(18-25-53(26-19-45)35-27-39(49-46-29-35)38-5-3-4-6-40(38)55)43(58)50(2)33-14-21-51(22-15-33)36-28-44(59-30-36)16-23-52(24-17-44)34-9-7-32(8-10-34)37-11-12-41(56)48-42(37)57/h3-10,13,20,27,29,33,36-37,55H,11-12,14-19,21-26,28,30H2,1-2H3,(H,48,56,57)/t36-,37-/m1/s1. The van der Waals surface area contributed by atoms with Gasteiger partial charge < -0.3 is 24.5 Å². The Hall–Kier alpha value is -5.34. The second-order valence-corrected chi connectivity index (χ2v) is 17.3. The highest BCUT2D eigenvalue weighted by Crippen LogP contribution is 2.41. The number of carbonyl (C=O) groups excluding carboxylic acids is 3. The number of anilines is 2. The highest BCUT2D eigenvalue weighted by Gasteiger charge is 2.49. The van der Waals surface area contributed by atoms with Crippen molar-refractivity contribution >= 4 is 29.1 Å². The summed E-state index contributed by atoms with van der Waals surface area (Å²) in [6.45, 7) is 7.81. The van der Waals surface area contributed by atoms with Gasteiger partial charge >= 0.3 is 0 Å². The monoisotopic (exact) mass is 801 g/mol. The molecule has 0 unspecified atom stereocenters. The van der Waals surface area contributed by atoms with Gasteiger partial charge in [0.2, 0.25) is 11.8 Å². The van der Waals surface area contributed by atoms with Gasteiger partial charge in [0.15, 0.2) is 0 Å². The molecule has 0 bridgehead atoms. The van der Waals surface area contributed by atoms with Crippen molar-refractivity contribution < 1.29 is 24.2 Å². The molecule has 5 aliphatic rings. The molecule has 59 heavy (non-hydrogen) atoms. The highest BCUT2D eigenvalue weighted by atomic mass is 16.5.